The summed E-state index contributed by atoms with van der Waals surface area (Å²) in [6, 6.07) is 0. The zero-order valence-corrected chi connectivity index (χ0v) is 21.4. The number of ether oxygens (including phenoxy) is 8. The molecule has 0 aromatic carbocycles. The number of hydrogen-bond acceptors (Lipinski definition) is 16. The second-order valence-electron chi connectivity index (χ2n) is 8.97. The highest BCUT2D eigenvalue weighted by molar-refractivity contribution is 4.90. The van der Waals surface area contributed by atoms with E-state index >= 15 is 0 Å². The third-order valence-corrected chi connectivity index (χ3v) is 6.03. The number of rotatable bonds is 17. The second-order valence-corrected chi connectivity index (χ2v) is 8.97. The molecule has 0 aromatic heterocycles. The molecule has 38 heavy (non-hydrogen) atoms. The summed E-state index contributed by atoms with van der Waals surface area (Å²) in [5.74, 6) is 0. The molecule has 0 radical (unpaired) electrons. The third-order valence-electron chi connectivity index (χ3n) is 6.03. The molecular weight excluding hydrogens is 520 g/mol. The van der Waals surface area contributed by atoms with Crippen molar-refractivity contribution in [1.29, 1.82) is 0 Å². The summed E-state index contributed by atoms with van der Waals surface area (Å²) >= 11 is 0. The lowest BCUT2D eigenvalue weighted by Gasteiger charge is -2.40. The third kappa shape index (κ3) is 9.48. The Morgan fingerprint density at radius 3 is 1.24 bits per heavy atom. The van der Waals surface area contributed by atoms with Crippen LogP contribution in [0.3, 0.4) is 0 Å². The SMILES string of the molecule is COCC(COCCOCC(COC)O[C@@H]1OC(CO)[C@@H](O)C(O)C1O)O[C@@H]1OC(CO)[C@@H](O)C(O)C1O. The number of aliphatic hydroxyl groups is 8. The van der Waals surface area contributed by atoms with Gasteiger partial charge in [-0.05, 0) is 0 Å². The van der Waals surface area contributed by atoms with Crippen LogP contribution >= 0.6 is 0 Å². The van der Waals surface area contributed by atoms with Gasteiger partial charge in [-0.2, -0.15) is 0 Å². The largest absolute Gasteiger partial charge is 0.394 e. The highest BCUT2D eigenvalue weighted by Gasteiger charge is 2.46. The summed E-state index contributed by atoms with van der Waals surface area (Å²) in [7, 11) is 2.86. The molecule has 0 aliphatic carbocycles. The van der Waals surface area contributed by atoms with Crippen molar-refractivity contribution in [3.05, 3.63) is 0 Å². The molecule has 2 rings (SSSR count). The van der Waals surface area contributed by atoms with Gasteiger partial charge in [0.05, 0.1) is 52.9 Å². The monoisotopic (exact) mass is 562 g/mol. The molecule has 0 aromatic rings. The van der Waals surface area contributed by atoms with E-state index in [2.05, 4.69) is 0 Å². The molecule has 2 aliphatic rings. The molecule has 8 N–H and O–H groups in total. The Balaban J connectivity index is 1.75. The van der Waals surface area contributed by atoms with Crippen molar-refractivity contribution >= 4 is 0 Å². The van der Waals surface area contributed by atoms with Crippen molar-refractivity contribution in [3.63, 3.8) is 0 Å². The lowest BCUT2D eigenvalue weighted by atomic mass is 9.99. The Morgan fingerprint density at radius 2 is 0.921 bits per heavy atom. The minimum Gasteiger partial charge on any atom is -0.394 e. The topological polar surface area (TPSA) is 236 Å². The van der Waals surface area contributed by atoms with Gasteiger partial charge in [0.15, 0.2) is 12.6 Å². The van der Waals surface area contributed by atoms with Gasteiger partial charge in [0.1, 0.15) is 61.0 Å². The summed E-state index contributed by atoms with van der Waals surface area (Å²) in [5.41, 5.74) is 0. The van der Waals surface area contributed by atoms with Crippen molar-refractivity contribution in [2.45, 2.75) is 73.6 Å². The van der Waals surface area contributed by atoms with Gasteiger partial charge in [-0.25, -0.2) is 0 Å². The molecule has 226 valence electrons. The molecular formula is C22H42O16. The van der Waals surface area contributed by atoms with Crippen LogP contribution in [-0.4, -0.2) is 182 Å². The average Bonchev–Trinajstić information content (AvgIpc) is 2.91. The Bertz CT molecular complexity index is 574. The summed E-state index contributed by atoms with van der Waals surface area (Å²) < 4.78 is 43.2. The van der Waals surface area contributed by atoms with Gasteiger partial charge in [0, 0.05) is 14.2 Å². The first-order chi connectivity index (χ1) is 18.2. The Labute approximate surface area is 220 Å². The molecule has 8 unspecified atom stereocenters. The standard InChI is InChI=1S/C22H42O16/c1-31-7-11(35-21-19(29)17(27)15(25)13(5-23)37-21)9-33-3-4-34-10-12(8-32-2)36-22-20(30)18(28)16(26)14(6-24)38-22/h11-30H,3-10H2,1-2H3/t11?,12?,13?,14?,15-,16-,17?,18?,19?,20?,21-,22-/m1/s1. The van der Waals surface area contributed by atoms with Gasteiger partial charge in [-0.1, -0.05) is 0 Å². The Kier molecular flexibility index (Phi) is 15.2. The minimum atomic E-state index is -1.58. The minimum absolute atomic E-state index is 0.00487. The second kappa shape index (κ2) is 17.2. The maximum atomic E-state index is 10.1. The first-order valence-electron chi connectivity index (χ1n) is 12.2. The predicted molar refractivity (Wildman–Crippen MR) is 123 cm³/mol. The lowest BCUT2D eigenvalue weighted by Crippen LogP contribution is -2.60. The highest BCUT2D eigenvalue weighted by Crippen LogP contribution is 2.24. The van der Waals surface area contributed by atoms with Crippen molar-refractivity contribution in [1.82, 2.24) is 0 Å². The molecule has 2 aliphatic heterocycles. The number of hydrogen-bond donors (Lipinski definition) is 8. The number of methoxy groups -OCH3 is 2. The van der Waals surface area contributed by atoms with Crippen LogP contribution in [0.25, 0.3) is 0 Å². The van der Waals surface area contributed by atoms with Crippen LogP contribution in [0.2, 0.25) is 0 Å². The van der Waals surface area contributed by atoms with E-state index in [9.17, 15) is 40.9 Å². The van der Waals surface area contributed by atoms with Crippen LogP contribution in [0.15, 0.2) is 0 Å². The van der Waals surface area contributed by atoms with E-state index in [-0.39, 0.29) is 39.6 Å². The molecule has 0 spiro atoms. The molecule has 0 bridgehead atoms. The Hall–Kier alpha value is -0.640. The lowest BCUT2D eigenvalue weighted by molar-refractivity contribution is -0.317. The van der Waals surface area contributed by atoms with Crippen LogP contribution < -0.4 is 0 Å². The smallest absolute Gasteiger partial charge is 0.187 e. The molecule has 0 amide bonds. The van der Waals surface area contributed by atoms with E-state index in [0.717, 1.165) is 0 Å². The molecule has 2 heterocycles. The molecule has 12 atom stereocenters. The van der Waals surface area contributed by atoms with Crippen molar-refractivity contribution < 1.29 is 78.7 Å². The van der Waals surface area contributed by atoms with Gasteiger partial charge in [0.2, 0.25) is 0 Å². The van der Waals surface area contributed by atoms with Gasteiger partial charge < -0.3 is 78.7 Å². The van der Waals surface area contributed by atoms with E-state index < -0.39 is 86.8 Å². The molecule has 16 heteroatoms. The Morgan fingerprint density at radius 1 is 0.553 bits per heavy atom. The quantitative estimate of drug-likeness (QED) is 0.0773. The van der Waals surface area contributed by atoms with Crippen molar-refractivity contribution in [2.24, 2.45) is 0 Å². The summed E-state index contributed by atoms with van der Waals surface area (Å²) in [6.07, 6.45) is -15.6. The van der Waals surface area contributed by atoms with Crippen LogP contribution in [0.4, 0.5) is 0 Å². The van der Waals surface area contributed by atoms with E-state index in [1.807, 2.05) is 0 Å². The molecule has 2 fully saturated rings. The van der Waals surface area contributed by atoms with Gasteiger partial charge in [-0.15, -0.1) is 0 Å². The van der Waals surface area contributed by atoms with Gasteiger partial charge >= 0.3 is 0 Å². The molecule has 0 saturated carbocycles. The highest BCUT2D eigenvalue weighted by atomic mass is 16.7. The van der Waals surface area contributed by atoms with E-state index in [1.54, 1.807) is 0 Å². The summed E-state index contributed by atoms with van der Waals surface area (Å²) in [5, 5.41) is 78.5. The first-order valence-corrected chi connectivity index (χ1v) is 12.2. The summed E-state index contributed by atoms with van der Waals surface area (Å²) in [6.45, 7) is -0.854. The maximum absolute atomic E-state index is 10.1. The van der Waals surface area contributed by atoms with E-state index in [0.29, 0.717) is 0 Å². The van der Waals surface area contributed by atoms with Crippen LogP contribution in [0.1, 0.15) is 0 Å². The normalized spacial score (nSPS) is 37.7. The van der Waals surface area contributed by atoms with Crippen LogP contribution in [0.5, 0.6) is 0 Å². The van der Waals surface area contributed by atoms with Gasteiger partial charge in [0.25, 0.3) is 0 Å². The summed E-state index contributed by atoms with van der Waals surface area (Å²) in [4.78, 5) is 0. The van der Waals surface area contributed by atoms with E-state index in [1.165, 1.54) is 14.2 Å². The van der Waals surface area contributed by atoms with Gasteiger partial charge in [-0.3, -0.25) is 0 Å². The fourth-order valence-electron chi connectivity index (χ4n) is 3.91. The van der Waals surface area contributed by atoms with Crippen LogP contribution in [-0.2, 0) is 37.9 Å². The predicted octanol–water partition coefficient (Wildman–Crippen LogP) is -5.32. The van der Waals surface area contributed by atoms with Crippen LogP contribution in [0, 0.1) is 0 Å². The zero-order valence-electron chi connectivity index (χ0n) is 21.4. The zero-order chi connectivity index (χ0) is 28.2. The first kappa shape index (κ1) is 33.6. The average molecular weight is 563 g/mol. The van der Waals surface area contributed by atoms with Crippen molar-refractivity contribution in [2.75, 3.05) is 67.1 Å². The van der Waals surface area contributed by atoms with E-state index in [4.69, 9.17) is 37.9 Å². The molecule has 2 saturated heterocycles. The maximum Gasteiger partial charge on any atom is 0.187 e. The molecule has 16 nitrogen and oxygen atoms in total. The fourth-order valence-corrected chi connectivity index (χ4v) is 3.91. The number of aliphatic hydroxyl groups excluding tert-OH is 8. The fraction of sp³-hybridized carbons (Fsp3) is 1.00. The van der Waals surface area contributed by atoms with Crippen molar-refractivity contribution in [3.8, 4) is 0 Å².